The zero-order valence-electron chi connectivity index (χ0n) is 12.9. The van der Waals surface area contributed by atoms with E-state index in [9.17, 15) is 8.76 Å². The molecule has 2 rings (SSSR count). The van der Waals surface area contributed by atoms with Gasteiger partial charge in [0, 0.05) is 28.8 Å². The summed E-state index contributed by atoms with van der Waals surface area (Å²) in [7, 11) is 0. The summed E-state index contributed by atoms with van der Waals surface area (Å²) in [5, 5.41) is 0. The van der Waals surface area contributed by atoms with E-state index in [1.807, 2.05) is 24.3 Å². The van der Waals surface area contributed by atoms with Crippen molar-refractivity contribution in [2.45, 2.75) is 38.6 Å². The van der Waals surface area contributed by atoms with Gasteiger partial charge >= 0.3 is 0 Å². The number of piperidine rings is 1. The van der Waals surface area contributed by atoms with Crippen molar-refractivity contribution in [2.24, 2.45) is 0 Å². The molecule has 1 aromatic carbocycles. The van der Waals surface area contributed by atoms with Gasteiger partial charge in [0.05, 0.1) is 0 Å². The lowest BCUT2D eigenvalue weighted by Gasteiger charge is -2.27. The van der Waals surface area contributed by atoms with Gasteiger partial charge in [-0.3, -0.25) is 4.21 Å². The van der Waals surface area contributed by atoms with Gasteiger partial charge in [-0.2, -0.15) is 0 Å². The second kappa shape index (κ2) is 9.78. The minimum Gasteiger partial charge on any atom is -0.760 e. The van der Waals surface area contributed by atoms with Crippen LogP contribution in [0.25, 0.3) is 0 Å². The summed E-state index contributed by atoms with van der Waals surface area (Å²) < 4.78 is 25.3. The van der Waals surface area contributed by atoms with Crippen LogP contribution in [0.2, 0.25) is 0 Å². The topological polar surface area (TPSA) is 46.6 Å². The quantitative estimate of drug-likeness (QED) is 0.507. The van der Waals surface area contributed by atoms with Crippen molar-refractivity contribution in [1.82, 2.24) is 9.21 Å². The smallest absolute Gasteiger partial charge is 0.0353 e. The SMILES string of the molecule is O=S([O-])N(CCCCN1CCCCC1)Cc1ccc(Br)cc1. The number of rotatable bonds is 8. The van der Waals surface area contributed by atoms with Crippen LogP contribution in [0.15, 0.2) is 28.7 Å². The minimum absolute atomic E-state index is 0.451. The molecular weight excluding hydrogens is 364 g/mol. The molecule has 1 heterocycles. The molecule has 0 amide bonds. The normalized spacial score (nSPS) is 17.8. The maximum absolute atomic E-state index is 11.4. The monoisotopic (exact) mass is 387 g/mol. The Balaban J connectivity index is 1.71. The van der Waals surface area contributed by atoms with Crippen molar-refractivity contribution in [1.29, 1.82) is 0 Å². The highest BCUT2D eigenvalue weighted by molar-refractivity contribution is 9.10. The van der Waals surface area contributed by atoms with Crippen molar-refractivity contribution in [3.63, 3.8) is 0 Å². The van der Waals surface area contributed by atoms with E-state index in [0.717, 1.165) is 29.4 Å². The highest BCUT2D eigenvalue weighted by Crippen LogP contribution is 2.14. The maximum Gasteiger partial charge on any atom is 0.0353 e. The Morgan fingerprint density at radius 3 is 2.45 bits per heavy atom. The van der Waals surface area contributed by atoms with Crippen LogP contribution in [0.1, 0.15) is 37.7 Å². The summed E-state index contributed by atoms with van der Waals surface area (Å²) in [6.45, 7) is 4.55. The maximum atomic E-state index is 11.4. The fourth-order valence-electron chi connectivity index (χ4n) is 2.81. The minimum atomic E-state index is -2.16. The molecule has 22 heavy (non-hydrogen) atoms. The number of nitrogens with zero attached hydrogens (tertiary/aromatic N) is 2. The van der Waals surface area contributed by atoms with Crippen LogP contribution < -0.4 is 0 Å². The Bertz CT molecular complexity index is 464. The largest absolute Gasteiger partial charge is 0.760 e. The van der Waals surface area contributed by atoms with Crippen LogP contribution >= 0.6 is 15.9 Å². The molecule has 1 aliphatic heterocycles. The molecule has 1 saturated heterocycles. The molecule has 1 aliphatic rings. The van der Waals surface area contributed by atoms with Crippen LogP contribution in [0, 0.1) is 0 Å². The third-order valence-corrected chi connectivity index (χ3v) is 5.33. The van der Waals surface area contributed by atoms with E-state index in [2.05, 4.69) is 20.8 Å². The number of likely N-dealkylation sites (tertiary alicyclic amines) is 1. The highest BCUT2D eigenvalue weighted by Gasteiger charge is 2.10. The van der Waals surface area contributed by atoms with Gasteiger partial charge in [0.2, 0.25) is 0 Å². The molecule has 6 heteroatoms. The molecule has 0 aliphatic carbocycles. The Hall–Kier alpha value is -0.270. The average molecular weight is 388 g/mol. The molecule has 1 unspecified atom stereocenters. The molecule has 0 spiro atoms. The zero-order valence-corrected chi connectivity index (χ0v) is 15.3. The number of hydrogen-bond acceptors (Lipinski definition) is 3. The zero-order chi connectivity index (χ0) is 15.8. The Morgan fingerprint density at radius 1 is 1.14 bits per heavy atom. The summed E-state index contributed by atoms with van der Waals surface area (Å²) >= 11 is 1.23. The van der Waals surface area contributed by atoms with Gasteiger partial charge in [-0.25, -0.2) is 4.31 Å². The lowest BCUT2D eigenvalue weighted by atomic mass is 10.1. The molecule has 0 N–H and O–H groups in total. The van der Waals surface area contributed by atoms with Crippen LogP contribution in [-0.4, -0.2) is 44.1 Å². The van der Waals surface area contributed by atoms with E-state index in [-0.39, 0.29) is 0 Å². The third kappa shape index (κ3) is 6.46. The molecule has 1 fully saturated rings. The first-order valence-electron chi connectivity index (χ1n) is 7.96. The van der Waals surface area contributed by atoms with E-state index in [1.165, 1.54) is 36.7 Å². The molecule has 0 bridgehead atoms. The van der Waals surface area contributed by atoms with E-state index < -0.39 is 11.3 Å². The van der Waals surface area contributed by atoms with E-state index in [1.54, 1.807) is 0 Å². The Labute approximate surface area is 144 Å². The van der Waals surface area contributed by atoms with Gasteiger partial charge in [0.1, 0.15) is 0 Å². The number of benzene rings is 1. The average Bonchev–Trinajstić information content (AvgIpc) is 2.53. The van der Waals surface area contributed by atoms with Crippen molar-refractivity contribution < 1.29 is 8.76 Å². The lowest BCUT2D eigenvalue weighted by Crippen LogP contribution is -2.31. The van der Waals surface area contributed by atoms with Crippen molar-refractivity contribution in [3.8, 4) is 0 Å². The second-order valence-electron chi connectivity index (χ2n) is 5.82. The number of halogens is 1. The summed E-state index contributed by atoms with van der Waals surface area (Å²) in [6, 6.07) is 7.80. The van der Waals surface area contributed by atoms with E-state index >= 15 is 0 Å². The first-order chi connectivity index (χ1) is 10.6. The fraction of sp³-hybridized carbons (Fsp3) is 0.625. The van der Waals surface area contributed by atoms with Crippen molar-refractivity contribution >= 4 is 27.2 Å². The van der Waals surface area contributed by atoms with Crippen LogP contribution in [0.3, 0.4) is 0 Å². The number of hydrogen-bond donors (Lipinski definition) is 0. The van der Waals surface area contributed by atoms with Gasteiger partial charge in [-0.1, -0.05) is 34.5 Å². The highest BCUT2D eigenvalue weighted by atomic mass is 79.9. The first kappa shape index (κ1) is 18.1. The van der Waals surface area contributed by atoms with Gasteiger partial charge in [-0.05, 0) is 63.0 Å². The standard InChI is InChI=1S/C16H25BrN2O2S/c17-16-8-6-15(7-9-16)14-19(22(20)21)13-5-4-12-18-10-2-1-3-11-18/h6-9H,1-5,10-14H2,(H,20,21)/p-1. The van der Waals surface area contributed by atoms with Gasteiger partial charge < -0.3 is 9.45 Å². The second-order valence-corrected chi connectivity index (χ2v) is 7.68. The molecule has 4 nitrogen and oxygen atoms in total. The summed E-state index contributed by atoms with van der Waals surface area (Å²) in [4.78, 5) is 2.50. The first-order valence-corrected chi connectivity index (χ1v) is 9.79. The summed E-state index contributed by atoms with van der Waals surface area (Å²) in [5.74, 6) is 0. The third-order valence-electron chi connectivity index (χ3n) is 4.06. The molecule has 0 saturated carbocycles. The van der Waals surface area contributed by atoms with Crippen LogP contribution in [0.4, 0.5) is 0 Å². The summed E-state index contributed by atoms with van der Waals surface area (Å²) in [6.07, 6.45) is 5.95. The van der Waals surface area contributed by atoms with Gasteiger partial charge in [0.25, 0.3) is 0 Å². The van der Waals surface area contributed by atoms with Crippen molar-refractivity contribution in [3.05, 3.63) is 34.3 Å². The molecule has 0 radical (unpaired) electrons. The van der Waals surface area contributed by atoms with Crippen LogP contribution in [-0.2, 0) is 17.8 Å². The Morgan fingerprint density at radius 2 is 1.82 bits per heavy atom. The van der Waals surface area contributed by atoms with E-state index in [4.69, 9.17) is 0 Å². The van der Waals surface area contributed by atoms with Crippen molar-refractivity contribution in [2.75, 3.05) is 26.2 Å². The molecule has 1 aromatic rings. The lowest BCUT2D eigenvalue weighted by molar-refractivity contribution is 0.222. The molecular formula is C16H24BrN2O2S-. The molecule has 124 valence electrons. The van der Waals surface area contributed by atoms with Gasteiger partial charge in [-0.15, -0.1) is 0 Å². The number of unbranched alkanes of at least 4 members (excludes halogenated alkanes) is 1. The predicted molar refractivity (Wildman–Crippen MR) is 93.0 cm³/mol. The fourth-order valence-corrected chi connectivity index (χ4v) is 3.60. The Kier molecular flexibility index (Phi) is 8.03. The predicted octanol–water partition coefficient (Wildman–Crippen LogP) is 3.31. The molecule has 0 aromatic heterocycles. The summed E-state index contributed by atoms with van der Waals surface area (Å²) in [5.41, 5.74) is 1.02. The van der Waals surface area contributed by atoms with Gasteiger partial charge in [0.15, 0.2) is 0 Å². The molecule has 1 atom stereocenters. The van der Waals surface area contributed by atoms with E-state index in [0.29, 0.717) is 13.1 Å². The van der Waals surface area contributed by atoms with Crippen LogP contribution in [0.5, 0.6) is 0 Å².